The first-order valence-electron chi connectivity index (χ1n) is 12.1. The predicted molar refractivity (Wildman–Crippen MR) is 136 cm³/mol. The molecule has 0 amide bonds. The van der Waals surface area contributed by atoms with Gasteiger partial charge >= 0.3 is 5.69 Å². The summed E-state index contributed by atoms with van der Waals surface area (Å²) in [6, 6.07) is 6.11. The molecule has 3 heterocycles. The average molecular weight is 518 g/mol. The highest BCUT2D eigenvalue weighted by atomic mass is 32.2. The minimum atomic E-state index is -3.04. The van der Waals surface area contributed by atoms with Crippen LogP contribution in [0.25, 0.3) is 16.7 Å². The smallest absolute Gasteiger partial charge is 0.334 e. The molecule has 1 fully saturated rings. The predicted octanol–water partition coefficient (Wildman–Crippen LogP) is 4.48. The maximum atomic E-state index is 14.9. The number of imidazole rings is 1. The summed E-state index contributed by atoms with van der Waals surface area (Å²) in [5.41, 5.74) is 0.594. The second-order valence-electron chi connectivity index (χ2n) is 10.5. The first-order valence-corrected chi connectivity index (χ1v) is 14.0. The van der Waals surface area contributed by atoms with E-state index in [0.717, 1.165) is 6.20 Å². The standard InChI is InChI=1S/C26H32FN3O5S/c1-16(2)29-22-12-18(23(31)14-26(5)8-10-36(33,34)11-9-26)6-7-20(22)30(25(29)32)21-13-24(35-17(3)4)28-15-19(21)27/h6-7,12-13,15-17H,8-11,14H2,1-5H3. The number of aromatic nitrogens is 3. The second-order valence-corrected chi connectivity index (χ2v) is 12.8. The van der Waals surface area contributed by atoms with Crippen LogP contribution in [0, 0.1) is 11.2 Å². The van der Waals surface area contributed by atoms with Crippen LogP contribution in [0.5, 0.6) is 5.88 Å². The van der Waals surface area contributed by atoms with Gasteiger partial charge in [0.25, 0.3) is 0 Å². The number of hydrogen-bond acceptors (Lipinski definition) is 6. The summed E-state index contributed by atoms with van der Waals surface area (Å²) >= 11 is 0. The van der Waals surface area contributed by atoms with Crippen LogP contribution in [0.1, 0.15) is 70.3 Å². The van der Waals surface area contributed by atoms with Gasteiger partial charge in [0, 0.05) is 24.1 Å². The Hall–Kier alpha value is -3.01. The molecule has 194 valence electrons. The summed E-state index contributed by atoms with van der Waals surface area (Å²) < 4.78 is 47.0. The minimum absolute atomic E-state index is 0.0186. The molecule has 0 bridgehead atoms. The van der Waals surface area contributed by atoms with Crippen LogP contribution in [-0.4, -0.2) is 45.9 Å². The summed E-state index contributed by atoms with van der Waals surface area (Å²) in [5, 5.41) is 0. The zero-order valence-corrected chi connectivity index (χ0v) is 22.1. The minimum Gasteiger partial charge on any atom is -0.475 e. The molecule has 3 aromatic rings. The van der Waals surface area contributed by atoms with Gasteiger partial charge in [-0.2, -0.15) is 0 Å². The highest BCUT2D eigenvalue weighted by Crippen LogP contribution is 2.37. The van der Waals surface area contributed by atoms with E-state index in [-0.39, 0.29) is 47.4 Å². The molecule has 0 N–H and O–H groups in total. The molecule has 4 rings (SSSR count). The Morgan fingerprint density at radius 1 is 1.14 bits per heavy atom. The Morgan fingerprint density at radius 3 is 2.42 bits per heavy atom. The summed E-state index contributed by atoms with van der Waals surface area (Å²) in [6.07, 6.45) is 1.96. The number of ketones is 1. The quantitative estimate of drug-likeness (QED) is 0.429. The third-order valence-corrected chi connectivity index (χ3v) is 8.39. The fraction of sp³-hybridized carbons (Fsp3) is 0.500. The van der Waals surface area contributed by atoms with Crippen LogP contribution in [0.4, 0.5) is 4.39 Å². The van der Waals surface area contributed by atoms with Gasteiger partial charge in [-0.1, -0.05) is 6.92 Å². The Labute approximate surface area is 210 Å². The van der Waals surface area contributed by atoms with Crippen molar-refractivity contribution in [2.75, 3.05) is 11.5 Å². The Morgan fingerprint density at radius 2 is 1.81 bits per heavy atom. The molecule has 8 nitrogen and oxygen atoms in total. The van der Waals surface area contributed by atoms with Crippen molar-refractivity contribution in [1.82, 2.24) is 14.1 Å². The molecule has 0 radical (unpaired) electrons. The highest BCUT2D eigenvalue weighted by Gasteiger charge is 2.35. The fourth-order valence-electron chi connectivity index (χ4n) is 4.71. The molecule has 0 aliphatic carbocycles. The number of ether oxygens (including phenoxy) is 1. The molecule has 36 heavy (non-hydrogen) atoms. The van der Waals surface area contributed by atoms with Gasteiger partial charge in [0.05, 0.1) is 40.5 Å². The van der Waals surface area contributed by atoms with E-state index < -0.39 is 26.8 Å². The number of sulfone groups is 1. The topological polar surface area (TPSA) is 100 Å². The lowest BCUT2D eigenvalue weighted by Gasteiger charge is -2.32. The van der Waals surface area contributed by atoms with Crippen LogP contribution in [0.2, 0.25) is 0 Å². The van der Waals surface area contributed by atoms with Crippen LogP contribution in [-0.2, 0) is 9.84 Å². The molecule has 0 saturated carbocycles. The van der Waals surface area contributed by atoms with E-state index in [9.17, 15) is 22.4 Å². The molecular formula is C26H32FN3O5S. The van der Waals surface area contributed by atoms with Gasteiger partial charge in [-0.05, 0) is 64.2 Å². The Bertz CT molecular complexity index is 1470. The molecule has 2 aromatic heterocycles. The first kappa shape index (κ1) is 26.1. The van der Waals surface area contributed by atoms with Gasteiger partial charge < -0.3 is 4.74 Å². The zero-order valence-electron chi connectivity index (χ0n) is 21.2. The maximum absolute atomic E-state index is 14.9. The van der Waals surface area contributed by atoms with Gasteiger partial charge in [0.1, 0.15) is 9.84 Å². The highest BCUT2D eigenvalue weighted by molar-refractivity contribution is 7.91. The number of Topliss-reactive ketones (excluding diaryl/α,β-unsaturated/α-hetero) is 1. The van der Waals surface area contributed by atoms with Crippen molar-refractivity contribution in [3.05, 3.63) is 52.3 Å². The lowest BCUT2D eigenvalue weighted by molar-refractivity contribution is 0.0911. The van der Waals surface area contributed by atoms with Crippen LogP contribution in [0.15, 0.2) is 35.3 Å². The molecule has 0 atom stereocenters. The molecule has 10 heteroatoms. The van der Waals surface area contributed by atoms with Crippen molar-refractivity contribution in [1.29, 1.82) is 0 Å². The number of hydrogen-bond donors (Lipinski definition) is 0. The SMILES string of the molecule is CC(C)Oc1cc(-n2c(=O)n(C(C)C)c3cc(C(=O)CC4(C)CCS(=O)(=O)CC4)ccc32)c(F)cn1. The molecule has 1 aromatic carbocycles. The molecule has 0 unspecified atom stereocenters. The number of carbonyl (C=O) groups excluding carboxylic acids is 1. The number of halogens is 1. The van der Waals surface area contributed by atoms with E-state index in [2.05, 4.69) is 4.98 Å². The van der Waals surface area contributed by atoms with Gasteiger partial charge in [-0.15, -0.1) is 0 Å². The van der Waals surface area contributed by atoms with Crippen molar-refractivity contribution in [2.45, 2.75) is 66.0 Å². The van der Waals surface area contributed by atoms with Crippen molar-refractivity contribution in [3.63, 3.8) is 0 Å². The summed E-state index contributed by atoms with van der Waals surface area (Å²) in [7, 11) is -3.04. The fourth-order valence-corrected chi connectivity index (χ4v) is 6.52. The molecule has 0 spiro atoms. The molecule has 1 aliphatic heterocycles. The van der Waals surface area contributed by atoms with Crippen LogP contribution in [0.3, 0.4) is 0 Å². The summed E-state index contributed by atoms with van der Waals surface area (Å²) in [4.78, 5) is 30.7. The molecule has 1 saturated heterocycles. The largest absolute Gasteiger partial charge is 0.475 e. The summed E-state index contributed by atoms with van der Waals surface area (Å²) in [6.45, 7) is 9.29. The number of carbonyl (C=O) groups is 1. The first-order chi connectivity index (χ1) is 16.8. The normalized spacial score (nSPS) is 17.1. The van der Waals surface area contributed by atoms with Crippen molar-refractivity contribution < 1.29 is 22.3 Å². The van der Waals surface area contributed by atoms with Gasteiger partial charge in [0.2, 0.25) is 5.88 Å². The number of rotatable bonds is 7. The monoisotopic (exact) mass is 517 g/mol. The number of fused-ring (bicyclic) bond motifs is 1. The van der Waals surface area contributed by atoms with E-state index in [4.69, 9.17) is 4.74 Å². The third-order valence-electron chi connectivity index (χ3n) is 6.74. The lowest BCUT2D eigenvalue weighted by atomic mass is 9.78. The van der Waals surface area contributed by atoms with Crippen LogP contribution < -0.4 is 10.4 Å². The number of nitrogens with zero attached hydrogens (tertiary/aromatic N) is 3. The Kier molecular flexibility index (Phi) is 6.85. The molecular weight excluding hydrogens is 485 g/mol. The number of pyridine rings is 1. The van der Waals surface area contributed by atoms with Crippen LogP contribution >= 0.6 is 0 Å². The Balaban J connectivity index is 1.77. The van der Waals surface area contributed by atoms with E-state index in [1.54, 1.807) is 18.2 Å². The van der Waals surface area contributed by atoms with Crippen molar-refractivity contribution in [3.8, 4) is 11.6 Å². The second kappa shape index (κ2) is 9.46. The van der Waals surface area contributed by atoms with E-state index >= 15 is 0 Å². The number of benzene rings is 1. The summed E-state index contributed by atoms with van der Waals surface area (Å²) in [5.74, 6) is -0.404. The van der Waals surface area contributed by atoms with Crippen molar-refractivity contribution >= 4 is 26.7 Å². The lowest BCUT2D eigenvalue weighted by Crippen LogP contribution is -2.33. The van der Waals surface area contributed by atoms with E-state index in [1.807, 2.05) is 34.6 Å². The van der Waals surface area contributed by atoms with E-state index in [1.165, 1.54) is 15.2 Å². The van der Waals surface area contributed by atoms with Gasteiger partial charge in [0.15, 0.2) is 11.6 Å². The molecule has 1 aliphatic rings. The van der Waals surface area contributed by atoms with E-state index in [0.29, 0.717) is 29.4 Å². The van der Waals surface area contributed by atoms with Crippen molar-refractivity contribution in [2.24, 2.45) is 5.41 Å². The maximum Gasteiger partial charge on any atom is 0.334 e. The van der Waals surface area contributed by atoms with Gasteiger partial charge in [-0.3, -0.25) is 13.9 Å². The van der Waals surface area contributed by atoms with Gasteiger partial charge in [-0.25, -0.2) is 22.6 Å². The average Bonchev–Trinajstić information content (AvgIpc) is 3.08. The zero-order chi connectivity index (χ0) is 26.4. The third kappa shape index (κ3) is 5.09.